The monoisotopic (exact) mass is 594 g/mol. The van der Waals surface area contributed by atoms with E-state index in [-0.39, 0.29) is 18.4 Å². The third-order valence-corrected chi connectivity index (χ3v) is 9.31. The van der Waals surface area contributed by atoms with Crippen LogP contribution in [0.2, 0.25) is 0 Å². The number of nitrogens with one attached hydrogen (secondary N) is 1. The zero-order chi connectivity index (χ0) is 30.9. The molecule has 1 aromatic heterocycles. The van der Waals surface area contributed by atoms with E-state index in [1.165, 1.54) is 0 Å². The number of hydrogen-bond acceptors (Lipinski definition) is 8. The Hall–Kier alpha value is -3.43. The van der Waals surface area contributed by atoms with Crippen LogP contribution in [0.25, 0.3) is 11.0 Å². The molecule has 2 fully saturated rings. The molecule has 234 valence electrons. The summed E-state index contributed by atoms with van der Waals surface area (Å²) in [6, 6.07) is 4.10. The number of fused-ring (bicyclic) bond motifs is 5. The molecule has 2 aromatic rings. The number of rotatable bonds is 4. The summed E-state index contributed by atoms with van der Waals surface area (Å²) in [5.41, 5.74) is 1.07. The Morgan fingerprint density at radius 1 is 1.14 bits per heavy atom. The van der Waals surface area contributed by atoms with Crippen molar-refractivity contribution in [1.82, 2.24) is 20.2 Å². The number of hydrogen-bond donors (Lipinski definition) is 1. The lowest BCUT2D eigenvalue weighted by Crippen LogP contribution is -2.56. The molecule has 1 saturated carbocycles. The number of nitrogens with zero attached hydrogens (tertiary/aromatic N) is 3. The number of aryl methyl sites for hydroxylation is 1. The van der Waals surface area contributed by atoms with Gasteiger partial charge in [-0.2, -0.15) is 0 Å². The zero-order valence-electron chi connectivity index (χ0n) is 26.4. The topological polar surface area (TPSA) is 120 Å². The lowest BCUT2D eigenvalue weighted by atomic mass is 9.85. The maximum Gasteiger partial charge on any atom is 0.408 e. The Labute approximate surface area is 254 Å². The van der Waals surface area contributed by atoms with Crippen molar-refractivity contribution in [2.24, 2.45) is 17.3 Å². The van der Waals surface area contributed by atoms with Crippen LogP contribution in [0, 0.1) is 17.3 Å². The molecule has 0 radical (unpaired) electrons. The Balaban J connectivity index is 1.52. The van der Waals surface area contributed by atoms with Crippen molar-refractivity contribution in [3.8, 4) is 11.6 Å². The predicted octanol–water partition coefficient (Wildman–Crippen LogP) is 5.25. The zero-order valence-corrected chi connectivity index (χ0v) is 26.4. The van der Waals surface area contributed by atoms with Gasteiger partial charge in [0.05, 0.1) is 30.2 Å². The number of carbonyl (C=O) groups is 3. The van der Waals surface area contributed by atoms with E-state index in [9.17, 15) is 14.4 Å². The first-order valence-electron chi connectivity index (χ1n) is 15.8. The highest BCUT2D eigenvalue weighted by molar-refractivity contribution is 5.89. The van der Waals surface area contributed by atoms with Gasteiger partial charge in [-0.1, -0.05) is 40.5 Å². The Kier molecular flexibility index (Phi) is 8.86. The van der Waals surface area contributed by atoms with Gasteiger partial charge in [0.2, 0.25) is 11.8 Å². The molecule has 43 heavy (non-hydrogen) atoms. The summed E-state index contributed by atoms with van der Waals surface area (Å²) < 4.78 is 18.2. The molecule has 1 aromatic carbocycles. The molecule has 5 rings (SSSR count). The summed E-state index contributed by atoms with van der Waals surface area (Å²) in [4.78, 5) is 51.1. The van der Waals surface area contributed by atoms with Crippen LogP contribution in [0.4, 0.5) is 4.79 Å². The van der Waals surface area contributed by atoms with Crippen molar-refractivity contribution in [3.63, 3.8) is 0 Å². The van der Waals surface area contributed by atoms with E-state index in [2.05, 4.69) is 5.32 Å². The van der Waals surface area contributed by atoms with Crippen molar-refractivity contribution >= 4 is 29.3 Å². The maximum absolute atomic E-state index is 14.1. The number of ether oxygens (including phenoxy) is 3. The lowest BCUT2D eigenvalue weighted by Gasteiger charge is -2.35. The molecular formula is C33H46N4O6. The molecule has 1 saturated heterocycles. The molecule has 6 atom stereocenters. The first-order chi connectivity index (χ1) is 20.5. The molecule has 3 aliphatic rings. The summed E-state index contributed by atoms with van der Waals surface area (Å²) in [7, 11) is 0. The van der Waals surface area contributed by atoms with Gasteiger partial charge >= 0.3 is 6.09 Å². The number of benzene rings is 1. The number of amides is 2. The number of alkyl carbamates (subject to hydrolysis) is 1. The van der Waals surface area contributed by atoms with Crippen LogP contribution >= 0.6 is 0 Å². The molecule has 2 amide bonds. The van der Waals surface area contributed by atoms with E-state index in [1.54, 1.807) is 4.90 Å². The van der Waals surface area contributed by atoms with Crippen LogP contribution in [0.1, 0.15) is 85.8 Å². The summed E-state index contributed by atoms with van der Waals surface area (Å²) in [5, 5.41) is 2.86. The second-order valence-electron chi connectivity index (χ2n) is 13.6. The largest absolute Gasteiger partial charge is 0.494 e. The SMILES string of the molecule is CCOc1ccc2nc3c(nc2c1)O[C@H]1CN(C(=O)[C@H](C(C)(C)C)NC(=O)O[C@]2(C)C[C@H]2CCCCC3)[C@H](C=O)[C@@H]1CC. The molecule has 2 bridgehead atoms. The fourth-order valence-corrected chi connectivity index (χ4v) is 6.65. The van der Waals surface area contributed by atoms with Gasteiger partial charge in [0, 0.05) is 17.9 Å². The van der Waals surface area contributed by atoms with E-state index in [1.807, 2.05) is 59.7 Å². The second kappa shape index (κ2) is 12.3. The molecule has 0 unspecified atom stereocenters. The van der Waals surface area contributed by atoms with Crippen LogP contribution in [0.5, 0.6) is 11.6 Å². The van der Waals surface area contributed by atoms with Gasteiger partial charge in [0.1, 0.15) is 35.5 Å². The third kappa shape index (κ3) is 6.58. The number of aldehydes is 1. The Morgan fingerprint density at radius 2 is 1.93 bits per heavy atom. The van der Waals surface area contributed by atoms with Gasteiger partial charge in [-0.3, -0.25) is 4.79 Å². The van der Waals surface area contributed by atoms with Gasteiger partial charge in [-0.25, -0.2) is 14.8 Å². The van der Waals surface area contributed by atoms with Gasteiger partial charge < -0.3 is 29.2 Å². The van der Waals surface area contributed by atoms with Crippen molar-refractivity contribution < 1.29 is 28.6 Å². The summed E-state index contributed by atoms with van der Waals surface area (Å²) >= 11 is 0. The van der Waals surface area contributed by atoms with Crippen molar-refractivity contribution in [3.05, 3.63) is 23.9 Å². The average Bonchev–Trinajstić information content (AvgIpc) is 3.44. The molecule has 1 aliphatic carbocycles. The van der Waals surface area contributed by atoms with Crippen LogP contribution in [-0.4, -0.2) is 70.1 Å². The van der Waals surface area contributed by atoms with Gasteiger partial charge in [0.25, 0.3) is 0 Å². The molecular weight excluding hydrogens is 548 g/mol. The second-order valence-corrected chi connectivity index (χ2v) is 13.6. The van der Waals surface area contributed by atoms with E-state index < -0.39 is 35.3 Å². The summed E-state index contributed by atoms with van der Waals surface area (Å²) in [5.74, 6) is 0.872. The van der Waals surface area contributed by atoms with Crippen LogP contribution < -0.4 is 14.8 Å². The molecule has 2 aliphatic heterocycles. The minimum absolute atomic E-state index is 0.196. The first-order valence-corrected chi connectivity index (χ1v) is 15.8. The van der Waals surface area contributed by atoms with Crippen molar-refractivity contribution in [2.75, 3.05) is 13.2 Å². The van der Waals surface area contributed by atoms with E-state index in [0.29, 0.717) is 42.5 Å². The van der Waals surface area contributed by atoms with E-state index in [4.69, 9.17) is 24.2 Å². The highest BCUT2D eigenvalue weighted by Gasteiger charge is 2.54. The quantitative estimate of drug-likeness (QED) is 0.477. The Bertz CT molecular complexity index is 1360. The van der Waals surface area contributed by atoms with Crippen molar-refractivity contribution in [1.29, 1.82) is 0 Å². The molecule has 10 heteroatoms. The summed E-state index contributed by atoms with van der Waals surface area (Å²) in [6.45, 7) is 12.3. The normalized spacial score (nSPS) is 30.2. The smallest absolute Gasteiger partial charge is 0.408 e. The average molecular weight is 595 g/mol. The fraction of sp³-hybridized carbons (Fsp3) is 0.667. The maximum atomic E-state index is 14.1. The van der Waals surface area contributed by atoms with Gasteiger partial charge in [-0.15, -0.1) is 0 Å². The minimum Gasteiger partial charge on any atom is -0.494 e. The summed E-state index contributed by atoms with van der Waals surface area (Å²) in [6.07, 6.45) is 5.79. The standard InChI is InChI=1S/C33H46N4O6/c1-7-22-26(19-38)37-18-27(22)42-29-24(34-23-15-14-21(41-8-2)16-25(23)35-29)13-11-9-10-12-20-17-33(20,6)43-31(40)36-28(30(37)39)32(3,4)5/h14-16,19-20,22,26-28H,7-13,17-18H2,1-6H3,(H,36,40)/t20-,22+,26-,27+,28-,33-/m1/s1. The van der Waals surface area contributed by atoms with Crippen LogP contribution in [-0.2, 0) is 20.7 Å². The van der Waals surface area contributed by atoms with Gasteiger partial charge in [-0.05, 0) is 63.5 Å². The highest BCUT2D eigenvalue weighted by atomic mass is 16.6. The Morgan fingerprint density at radius 3 is 2.63 bits per heavy atom. The highest BCUT2D eigenvalue weighted by Crippen LogP contribution is 2.49. The first kappa shape index (κ1) is 31.0. The fourth-order valence-electron chi connectivity index (χ4n) is 6.65. The van der Waals surface area contributed by atoms with Gasteiger partial charge in [0.15, 0.2) is 0 Å². The van der Waals surface area contributed by atoms with Crippen molar-refractivity contribution in [2.45, 2.75) is 110 Å². The molecule has 10 nitrogen and oxygen atoms in total. The molecule has 0 spiro atoms. The van der Waals surface area contributed by atoms with Crippen LogP contribution in [0.3, 0.4) is 0 Å². The van der Waals surface area contributed by atoms with E-state index >= 15 is 0 Å². The number of aromatic nitrogens is 2. The lowest BCUT2D eigenvalue weighted by molar-refractivity contribution is -0.139. The van der Waals surface area contributed by atoms with E-state index in [0.717, 1.165) is 49.6 Å². The van der Waals surface area contributed by atoms with Crippen LogP contribution in [0.15, 0.2) is 18.2 Å². The number of carbonyl (C=O) groups excluding carboxylic acids is 3. The molecule has 1 N–H and O–H groups in total. The predicted molar refractivity (Wildman–Crippen MR) is 162 cm³/mol. The molecule has 3 heterocycles. The third-order valence-electron chi connectivity index (χ3n) is 9.31. The minimum atomic E-state index is -0.883.